The van der Waals surface area contributed by atoms with E-state index in [1.165, 1.54) is 11.1 Å². The summed E-state index contributed by atoms with van der Waals surface area (Å²) in [4.78, 5) is 5.24. The monoisotopic (exact) mass is 149 g/mol. The molecule has 2 nitrogen and oxygen atoms in total. The molecule has 0 amide bonds. The number of hydroxylamine groups is 1. The first-order valence-corrected chi connectivity index (χ1v) is 3.80. The zero-order chi connectivity index (χ0) is 7.84. The summed E-state index contributed by atoms with van der Waals surface area (Å²) in [6.07, 6.45) is 0. The summed E-state index contributed by atoms with van der Waals surface area (Å²) >= 11 is 0. The molecule has 2 heteroatoms. The lowest BCUT2D eigenvalue weighted by atomic mass is 10.1. The molecule has 0 bridgehead atoms. The molecule has 1 aromatic rings. The maximum absolute atomic E-state index is 5.24. The zero-order valence-corrected chi connectivity index (χ0v) is 6.72. The summed E-state index contributed by atoms with van der Waals surface area (Å²) in [6, 6.07) is 6.58. The van der Waals surface area contributed by atoms with E-state index in [1.807, 2.05) is 6.07 Å². The Labute approximate surface area is 66.1 Å². The molecule has 1 aromatic carbocycles. The molecule has 2 rings (SSSR count). The maximum atomic E-state index is 5.24. The van der Waals surface area contributed by atoms with Crippen LogP contribution in [0.1, 0.15) is 24.1 Å². The highest BCUT2D eigenvalue weighted by atomic mass is 16.7. The molecule has 0 saturated heterocycles. The Hall–Kier alpha value is -1.02. The van der Waals surface area contributed by atoms with E-state index in [0.29, 0.717) is 6.04 Å². The van der Waals surface area contributed by atoms with Crippen LogP contribution < -0.4 is 10.3 Å². The third-order valence-corrected chi connectivity index (χ3v) is 1.98. The van der Waals surface area contributed by atoms with E-state index < -0.39 is 0 Å². The van der Waals surface area contributed by atoms with E-state index in [-0.39, 0.29) is 0 Å². The van der Waals surface area contributed by atoms with Crippen molar-refractivity contribution < 1.29 is 4.84 Å². The number of fused-ring (bicyclic) bond motifs is 1. The van der Waals surface area contributed by atoms with E-state index in [4.69, 9.17) is 4.84 Å². The molecular weight excluding hydrogens is 138 g/mol. The lowest BCUT2D eigenvalue weighted by Crippen LogP contribution is -2.12. The fourth-order valence-corrected chi connectivity index (χ4v) is 1.30. The van der Waals surface area contributed by atoms with Crippen molar-refractivity contribution in [2.75, 3.05) is 0 Å². The van der Waals surface area contributed by atoms with Crippen LogP contribution in [0.15, 0.2) is 18.2 Å². The second-order valence-electron chi connectivity index (χ2n) is 2.98. The fourth-order valence-electron chi connectivity index (χ4n) is 1.30. The van der Waals surface area contributed by atoms with Crippen LogP contribution >= 0.6 is 0 Å². The highest BCUT2D eigenvalue weighted by Gasteiger charge is 2.18. The van der Waals surface area contributed by atoms with Crippen LogP contribution in [0.2, 0.25) is 0 Å². The van der Waals surface area contributed by atoms with Crippen molar-refractivity contribution in [1.82, 2.24) is 5.48 Å². The van der Waals surface area contributed by atoms with Gasteiger partial charge in [-0.25, -0.2) is 0 Å². The summed E-state index contributed by atoms with van der Waals surface area (Å²) in [5.74, 6) is 0.970. The van der Waals surface area contributed by atoms with Crippen molar-refractivity contribution in [2.45, 2.75) is 19.9 Å². The van der Waals surface area contributed by atoms with Gasteiger partial charge in [-0.1, -0.05) is 12.1 Å². The van der Waals surface area contributed by atoms with E-state index in [1.54, 1.807) is 0 Å². The standard InChI is InChI=1S/C9H11NO/c1-6-3-4-8-7(2)10-11-9(8)5-6/h3-5,7,10H,1-2H3. The minimum Gasteiger partial charge on any atom is -0.408 e. The van der Waals surface area contributed by atoms with Crippen LogP contribution in [0.3, 0.4) is 0 Å². The van der Waals surface area contributed by atoms with E-state index in [0.717, 1.165) is 5.75 Å². The molecule has 0 aliphatic carbocycles. The van der Waals surface area contributed by atoms with Crippen LogP contribution in [0.5, 0.6) is 5.75 Å². The molecule has 0 aromatic heterocycles. The fraction of sp³-hybridized carbons (Fsp3) is 0.333. The molecule has 1 aliphatic rings. The Balaban J connectivity index is 2.50. The van der Waals surface area contributed by atoms with Crippen molar-refractivity contribution in [3.63, 3.8) is 0 Å². The minimum absolute atomic E-state index is 0.325. The molecule has 1 unspecified atom stereocenters. The SMILES string of the molecule is Cc1ccc2c(c1)ONC2C. The highest BCUT2D eigenvalue weighted by Crippen LogP contribution is 2.30. The van der Waals surface area contributed by atoms with Gasteiger partial charge in [0.15, 0.2) is 5.75 Å². The Bertz CT molecular complexity index is 283. The van der Waals surface area contributed by atoms with Gasteiger partial charge >= 0.3 is 0 Å². The number of aryl methyl sites for hydroxylation is 1. The number of benzene rings is 1. The molecule has 0 spiro atoms. The number of nitrogens with one attached hydrogen (secondary N) is 1. The molecule has 0 radical (unpaired) electrons. The lowest BCUT2D eigenvalue weighted by Gasteiger charge is -1.98. The van der Waals surface area contributed by atoms with E-state index in [9.17, 15) is 0 Å². The van der Waals surface area contributed by atoms with Crippen LogP contribution in [0.25, 0.3) is 0 Å². The predicted octanol–water partition coefficient (Wildman–Crippen LogP) is 1.95. The van der Waals surface area contributed by atoms with Crippen LogP contribution in [0, 0.1) is 6.92 Å². The van der Waals surface area contributed by atoms with Crippen molar-refractivity contribution >= 4 is 0 Å². The van der Waals surface area contributed by atoms with E-state index >= 15 is 0 Å². The lowest BCUT2D eigenvalue weighted by molar-refractivity contribution is 0.200. The van der Waals surface area contributed by atoms with Gasteiger partial charge in [-0.3, -0.25) is 0 Å². The molecule has 1 atom stereocenters. The quantitative estimate of drug-likeness (QED) is 0.608. The molecule has 58 valence electrons. The normalized spacial score (nSPS) is 21.1. The smallest absolute Gasteiger partial charge is 0.152 e. The Kier molecular flexibility index (Phi) is 1.36. The first-order chi connectivity index (χ1) is 5.27. The first kappa shape index (κ1) is 6.68. The van der Waals surface area contributed by atoms with Crippen molar-refractivity contribution in [3.05, 3.63) is 29.3 Å². The topological polar surface area (TPSA) is 21.3 Å². The Morgan fingerprint density at radius 3 is 3.09 bits per heavy atom. The van der Waals surface area contributed by atoms with Gasteiger partial charge < -0.3 is 4.84 Å². The molecule has 0 saturated carbocycles. The van der Waals surface area contributed by atoms with Gasteiger partial charge in [-0.05, 0) is 25.5 Å². The molecule has 11 heavy (non-hydrogen) atoms. The number of rotatable bonds is 0. The summed E-state index contributed by atoms with van der Waals surface area (Å²) in [5, 5.41) is 0. The van der Waals surface area contributed by atoms with Crippen molar-refractivity contribution in [1.29, 1.82) is 0 Å². The largest absolute Gasteiger partial charge is 0.408 e. The number of hydrogen-bond donors (Lipinski definition) is 1. The third kappa shape index (κ3) is 0.994. The summed E-state index contributed by atoms with van der Waals surface area (Å²) in [5.41, 5.74) is 5.39. The molecule has 1 heterocycles. The summed E-state index contributed by atoms with van der Waals surface area (Å²) in [7, 11) is 0. The van der Waals surface area contributed by atoms with Gasteiger partial charge in [-0.15, -0.1) is 5.48 Å². The average molecular weight is 149 g/mol. The van der Waals surface area contributed by atoms with Crippen molar-refractivity contribution in [2.24, 2.45) is 0 Å². The second-order valence-corrected chi connectivity index (χ2v) is 2.98. The Morgan fingerprint density at radius 2 is 2.27 bits per heavy atom. The van der Waals surface area contributed by atoms with Crippen molar-refractivity contribution in [3.8, 4) is 5.75 Å². The van der Waals surface area contributed by atoms with Crippen LogP contribution in [0.4, 0.5) is 0 Å². The number of hydrogen-bond acceptors (Lipinski definition) is 2. The maximum Gasteiger partial charge on any atom is 0.152 e. The predicted molar refractivity (Wildman–Crippen MR) is 43.4 cm³/mol. The molecule has 1 N–H and O–H groups in total. The zero-order valence-electron chi connectivity index (χ0n) is 6.72. The first-order valence-electron chi connectivity index (χ1n) is 3.80. The van der Waals surface area contributed by atoms with Gasteiger partial charge in [0.25, 0.3) is 0 Å². The summed E-state index contributed by atoms with van der Waals surface area (Å²) in [6.45, 7) is 4.15. The summed E-state index contributed by atoms with van der Waals surface area (Å²) < 4.78 is 0. The van der Waals surface area contributed by atoms with Gasteiger partial charge in [0.2, 0.25) is 0 Å². The average Bonchev–Trinajstić information content (AvgIpc) is 2.32. The minimum atomic E-state index is 0.325. The van der Waals surface area contributed by atoms with Crippen LogP contribution in [-0.4, -0.2) is 0 Å². The van der Waals surface area contributed by atoms with Gasteiger partial charge in [0, 0.05) is 5.56 Å². The van der Waals surface area contributed by atoms with Gasteiger partial charge in [0.1, 0.15) is 0 Å². The van der Waals surface area contributed by atoms with Gasteiger partial charge in [0.05, 0.1) is 6.04 Å². The van der Waals surface area contributed by atoms with E-state index in [2.05, 4.69) is 31.5 Å². The Morgan fingerprint density at radius 1 is 1.45 bits per heavy atom. The molecule has 0 fully saturated rings. The molecule has 1 aliphatic heterocycles. The second kappa shape index (κ2) is 2.24. The van der Waals surface area contributed by atoms with Crippen LogP contribution in [-0.2, 0) is 0 Å². The highest BCUT2D eigenvalue weighted by molar-refractivity contribution is 5.40. The van der Waals surface area contributed by atoms with Gasteiger partial charge in [-0.2, -0.15) is 0 Å². The third-order valence-electron chi connectivity index (χ3n) is 1.98. The molecular formula is C9H11NO.